The van der Waals surface area contributed by atoms with E-state index < -0.39 is 5.92 Å². The summed E-state index contributed by atoms with van der Waals surface area (Å²) in [7, 11) is 0. The number of halogens is 1. The van der Waals surface area contributed by atoms with Crippen molar-refractivity contribution < 1.29 is 9.59 Å². The first-order valence-electron chi connectivity index (χ1n) is 6.52. The number of nitriles is 1. The number of piperidine rings is 1. The van der Waals surface area contributed by atoms with Crippen molar-refractivity contribution in [1.82, 2.24) is 0 Å². The highest BCUT2D eigenvalue weighted by Gasteiger charge is 2.34. The Bertz CT molecular complexity index is 592. The fourth-order valence-corrected chi connectivity index (χ4v) is 2.66. The Kier molecular flexibility index (Phi) is 4.41. The van der Waals surface area contributed by atoms with Gasteiger partial charge in [0.1, 0.15) is 0 Å². The Morgan fingerprint density at radius 3 is 3.00 bits per heavy atom. The van der Waals surface area contributed by atoms with Crippen LogP contribution < -0.4 is 4.90 Å². The first kappa shape index (κ1) is 14.5. The average Bonchev–Trinajstić information content (AvgIpc) is 2.42. The molecule has 5 heteroatoms. The van der Waals surface area contributed by atoms with Gasteiger partial charge in [0.15, 0.2) is 5.78 Å². The third-order valence-corrected chi connectivity index (χ3v) is 3.79. The van der Waals surface area contributed by atoms with Gasteiger partial charge in [-0.25, -0.2) is 0 Å². The van der Waals surface area contributed by atoms with Crippen molar-refractivity contribution in [3.05, 3.63) is 28.8 Å². The molecule has 4 nitrogen and oxygen atoms in total. The second-order valence-electron chi connectivity index (χ2n) is 4.94. The molecule has 1 aromatic carbocycles. The summed E-state index contributed by atoms with van der Waals surface area (Å²) in [5.74, 6) is -1.25. The summed E-state index contributed by atoms with van der Waals surface area (Å²) in [6.07, 6.45) is 1.03. The molecule has 0 aromatic heterocycles. The zero-order valence-electron chi connectivity index (χ0n) is 11.2. The van der Waals surface area contributed by atoms with Crippen molar-refractivity contribution in [2.45, 2.75) is 26.2 Å². The van der Waals surface area contributed by atoms with Gasteiger partial charge in [-0.3, -0.25) is 9.59 Å². The van der Waals surface area contributed by atoms with Crippen molar-refractivity contribution in [1.29, 1.82) is 5.26 Å². The molecule has 1 heterocycles. The Balaban J connectivity index is 2.29. The number of carbonyl (C=O) groups excluding carboxylic acids is 2. The maximum atomic E-state index is 12.4. The summed E-state index contributed by atoms with van der Waals surface area (Å²) in [4.78, 5) is 25.8. The van der Waals surface area contributed by atoms with Gasteiger partial charge in [-0.1, -0.05) is 17.7 Å². The first-order valence-corrected chi connectivity index (χ1v) is 6.89. The topological polar surface area (TPSA) is 61.2 Å². The average molecular weight is 291 g/mol. The molecule has 1 saturated heterocycles. The molecule has 0 N–H and O–H groups in total. The number of ketones is 1. The summed E-state index contributed by atoms with van der Waals surface area (Å²) in [6, 6.07) is 7.28. The number of hydrogen-bond donors (Lipinski definition) is 0. The molecular formula is C15H15ClN2O2. The van der Waals surface area contributed by atoms with Crippen LogP contribution in [0.15, 0.2) is 18.2 Å². The lowest BCUT2D eigenvalue weighted by Gasteiger charge is -2.32. The number of rotatable bonds is 3. The highest BCUT2D eigenvalue weighted by atomic mass is 35.5. The number of anilines is 1. The van der Waals surface area contributed by atoms with Gasteiger partial charge < -0.3 is 4.90 Å². The lowest BCUT2D eigenvalue weighted by Crippen LogP contribution is -2.44. The minimum absolute atomic E-state index is 0.216. The van der Waals surface area contributed by atoms with Crippen LogP contribution in [0.25, 0.3) is 0 Å². The normalized spacial score (nSPS) is 18.8. The number of benzene rings is 1. The first-order chi connectivity index (χ1) is 9.54. The standard InChI is InChI=1S/C15H15ClN2O2/c1-10-4-5-12(16)13(9-10)18-8-2-3-11(15(18)20)14(19)6-7-17/h4-5,9,11H,2-3,6,8H2,1H3/t11-/m0/s1. The zero-order chi connectivity index (χ0) is 14.7. The molecule has 0 aliphatic carbocycles. The van der Waals surface area contributed by atoms with E-state index in [2.05, 4.69) is 0 Å². The van der Waals surface area contributed by atoms with Crippen LogP contribution in [0.4, 0.5) is 5.69 Å². The summed E-state index contributed by atoms with van der Waals surface area (Å²) >= 11 is 6.15. The van der Waals surface area contributed by atoms with E-state index in [4.69, 9.17) is 16.9 Å². The van der Waals surface area contributed by atoms with E-state index in [0.717, 1.165) is 12.0 Å². The molecule has 1 aromatic rings. The van der Waals surface area contributed by atoms with Gasteiger partial charge in [-0.2, -0.15) is 5.26 Å². The van der Waals surface area contributed by atoms with Gasteiger partial charge in [-0.15, -0.1) is 0 Å². The molecule has 104 valence electrons. The van der Waals surface area contributed by atoms with Gasteiger partial charge in [0.05, 0.1) is 29.1 Å². The molecule has 0 unspecified atom stereocenters. The molecule has 0 radical (unpaired) electrons. The van der Waals surface area contributed by atoms with E-state index in [1.807, 2.05) is 25.1 Å². The molecule has 0 spiro atoms. The molecule has 1 atom stereocenters. The molecule has 1 amide bonds. The maximum Gasteiger partial charge on any atom is 0.237 e. The molecule has 1 fully saturated rings. The Morgan fingerprint density at radius 2 is 2.30 bits per heavy atom. The lowest BCUT2D eigenvalue weighted by atomic mass is 9.91. The van der Waals surface area contributed by atoms with E-state index in [1.54, 1.807) is 11.0 Å². The predicted octanol–water partition coefficient (Wildman–Crippen LogP) is 2.87. The largest absolute Gasteiger partial charge is 0.310 e. The smallest absolute Gasteiger partial charge is 0.237 e. The lowest BCUT2D eigenvalue weighted by molar-refractivity contribution is -0.133. The minimum atomic E-state index is -0.708. The van der Waals surface area contributed by atoms with E-state index >= 15 is 0 Å². The monoisotopic (exact) mass is 290 g/mol. The third-order valence-electron chi connectivity index (χ3n) is 3.47. The fourth-order valence-electron chi connectivity index (χ4n) is 2.44. The van der Waals surface area contributed by atoms with Crippen molar-refractivity contribution in [2.75, 3.05) is 11.4 Å². The summed E-state index contributed by atoms with van der Waals surface area (Å²) in [5, 5.41) is 9.10. The second kappa shape index (κ2) is 6.06. The number of amides is 1. The van der Waals surface area contributed by atoms with E-state index in [9.17, 15) is 9.59 Å². The van der Waals surface area contributed by atoms with Crippen molar-refractivity contribution in [2.24, 2.45) is 5.92 Å². The van der Waals surface area contributed by atoms with Gasteiger partial charge in [-0.05, 0) is 37.5 Å². The van der Waals surface area contributed by atoms with Crippen LogP contribution in [-0.4, -0.2) is 18.2 Å². The van der Waals surface area contributed by atoms with Gasteiger partial charge >= 0.3 is 0 Å². The number of Topliss-reactive ketones (excluding diaryl/α,β-unsaturated/α-hetero) is 1. The zero-order valence-corrected chi connectivity index (χ0v) is 12.0. The third kappa shape index (κ3) is 2.83. The van der Waals surface area contributed by atoms with Crippen molar-refractivity contribution in [3.8, 4) is 6.07 Å². The highest BCUT2D eigenvalue weighted by molar-refractivity contribution is 6.34. The van der Waals surface area contributed by atoms with E-state index in [0.29, 0.717) is 23.7 Å². The molecule has 0 bridgehead atoms. The summed E-state index contributed by atoms with van der Waals surface area (Å²) < 4.78 is 0. The number of carbonyl (C=O) groups is 2. The quantitative estimate of drug-likeness (QED) is 0.804. The summed E-state index contributed by atoms with van der Waals surface area (Å²) in [5.41, 5.74) is 1.65. The van der Waals surface area contributed by atoms with E-state index in [1.165, 1.54) is 0 Å². The Hall–Kier alpha value is -1.86. The van der Waals surface area contributed by atoms with Gasteiger partial charge in [0.2, 0.25) is 5.91 Å². The van der Waals surface area contributed by atoms with Crippen LogP contribution >= 0.6 is 11.6 Å². The summed E-state index contributed by atoms with van der Waals surface area (Å²) in [6.45, 7) is 2.48. The fraction of sp³-hybridized carbons (Fsp3) is 0.400. The molecule has 2 rings (SSSR count). The molecule has 1 aliphatic heterocycles. The van der Waals surface area contributed by atoms with Crippen molar-refractivity contribution >= 4 is 29.0 Å². The molecule has 20 heavy (non-hydrogen) atoms. The van der Waals surface area contributed by atoms with Gasteiger partial charge in [0.25, 0.3) is 0 Å². The van der Waals surface area contributed by atoms with Crippen LogP contribution in [0.2, 0.25) is 5.02 Å². The van der Waals surface area contributed by atoms with Gasteiger partial charge in [0, 0.05) is 6.54 Å². The number of nitrogens with zero attached hydrogens (tertiary/aromatic N) is 2. The van der Waals surface area contributed by atoms with Crippen LogP contribution in [0.3, 0.4) is 0 Å². The minimum Gasteiger partial charge on any atom is -0.310 e. The maximum absolute atomic E-state index is 12.4. The van der Waals surface area contributed by atoms with Crippen molar-refractivity contribution in [3.63, 3.8) is 0 Å². The Morgan fingerprint density at radius 1 is 1.55 bits per heavy atom. The van der Waals surface area contributed by atoms with E-state index in [-0.39, 0.29) is 18.1 Å². The Labute approximate surface area is 122 Å². The SMILES string of the molecule is Cc1ccc(Cl)c(N2CCC[C@@H](C(=O)CC#N)C2=O)c1. The molecule has 0 saturated carbocycles. The number of hydrogen-bond acceptors (Lipinski definition) is 3. The highest BCUT2D eigenvalue weighted by Crippen LogP contribution is 2.31. The molecular weight excluding hydrogens is 276 g/mol. The molecule has 1 aliphatic rings. The van der Waals surface area contributed by atoms with Crippen LogP contribution in [0.1, 0.15) is 24.8 Å². The predicted molar refractivity (Wildman–Crippen MR) is 76.5 cm³/mol. The van der Waals surface area contributed by atoms with Crippen LogP contribution in [0, 0.1) is 24.2 Å². The van der Waals surface area contributed by atoms with Crippen LogP contribution in [-0.2, 0) is 9.59 Å². The second-order valence-corrected chi connectivity index (χ2v) is 5.35. The number of aryl methyl sites for hydroxylation is 1. The van der Waals surface area contributed by atoms with Crippen LogP contribution in [0.5, 0.6) is 0 Å².